The molecule has 0 aromatic carbocycles. The Morgan fingerprint density at radius 2 is 2.29 bits per heavy atom. The summed E-state index contributed by atoms with van der Waals surface area (Å²) in [5.41, 5.74) is 1.75. The summed E-state index contributed by atoms with van der Waals surface area (Å²) in [4.78, 5) is 4.18. The van der Waals surface area contributed by atoms with Crippen LogP contribution in [0.2, 0.25) is 0 Å². The molecule has 2 aromatic rings. The van der Waals surface area contributed by atoms with Crippen LogP contribution in [-0.4, -0.2) is 19.9 Å². The molecule has 0 unspecified atom stereocenters. The van der Waals surface area contributed by atoms with Crippen molar-refractivity contribution < 1.29 is 5.11 Å². The van der Waals surface area contributed by atoms with Crippen molar-refractivity contribution in [2.45, 2.75) is 13.5 Å². The molecule has 72 valence electrons. The number of aliphatic hydroxyl groups is 1. The summed E-state index contributed by atoms with van der Waals surface area (Å²) < 4.78 is 1.71. The monoisotopic (exact) mass is 189 g/mol. The number of aliphatic hydroxyl groups excluding tert-OH is 1. The van der Waals surface area contributed by atoms with Gasteiger partial charge in [0.1, 0.15) is 0 Å². The number of aromatic nitrogens is 3. The van der Waals surface area contributed by atoms with Gasteiger partial charge >= 0.3 is 0 Å². The van der Waals surface area contributed by atoms with E-state index in [4.69, 9.17) is 5.11 Å². The maximum Gasteiger partial charge on any atom is 0.153 e. The molecule has 1 N–H and O–H groups in total. The highest BCUT2D eigenvalue weighted by Crippen LogP contribution is 2.11. The van der Waals surface area contributed by atoms with Crippen molar-refractivity contribution in [2.24, 2.45) is 0 Å². The second kappa shape index (κ2) is 3.59. The summed E-state index contributed by atoms with van der Waals surface area (Å²) in [5, 5.41) is 13.2. The fraction of sp³-hybridized carbons (Fsp3) is 0.200. The first-order chi connectivity index (χ1) is 6.83. The number of rotatable bonds is 2. The number of hydrogen-bond acceptors (Lipinski definition) is 3. The molecule has 0 saturated heterocycles. The minimum absolute atomic E-state index is 0.0126. The zero-order valence-electron chi connectivity index (χ0n) is 7.88. The molecule has 4 heteroatoms. The summed E-state index contributed by atoms with van der Waals surface area (Å²) in [5.74, 6) is 0.768. The highest BCUT2D eigenvalue weighted by molar-refractivity contribution is 5.27. The van der Waals surface area contributed by atoms with E-state index in [2.05, 4.69) is 10.1 Å². The van der Waals surface area contributed by atoms with E-state index in [0.717, 1.165) is 17.1 Å². The molecule has 0 spiro atoms. The Balaban J connectivity index is 2.48. The van der Waals surface area contributed by atoms with Crippen molar-refractivity contribution in [1.29, 1.82) is 0 Å². The minimum atomic E-state index is 0.0126. The molecule has 0 atom stereocenters. The van der Waals surface area contributed by atoms with Gasteiger partial charge in [-0.15, -0.1) is 0 Å². The van der Waals surface area contributed by atoms with Crippen LogP contribution in [0.25, 0.3) is 5.82 Å². The fourth-order valence-electron chi connectivity index (χ4n) is 1.31. The van der Waals surface area contributed by atoms with E-state index in [1.54, 1.807) is 17.1 Å². The molecule has 0 radical (unpaired) electrons. The minimum Gasteiger partial charge on any atom is -0.392 e. The van der Waals surface area contributed by atoms with Gasteiger partial charge in [-0.05, 0) is 19.1 Å². The molecule has 0 amide bonds. The molecular formula is C10H11N3O. The largest absolute Gasteiger partial charge is 0.392 e. The smallest absolute Gasteiger partial charge is 0.153 e. The lowest BCUT2D eigenvalue weighted by molar-refractivity contribution is 0.281. The Morgan fingerprint density at radius 1 is 1.43 bits per heavy atom. The van der Waals surface area contributed by atoms with Gasteiger partial charge in [0, 0.05) is 17.5 Å². The maximum atomic E-state index is 9.00. The summed E-state index contributed by atoms with van der Waals surface area (Å²) in [6.45, 7) is 1.92. The second-order valence-electron chi connectivity index (χ2n) is 3.01. The molecule has 2 rings (SSSR count). The number of hydrogen-bond donors (Lipinski definition) is 1. The summed E-state index contributed by atoms with van der Waals surface area (Å²) in [6.07, 6.45) is 3.37. The zero-order valence-corrected chi connectivity index (χ0v) is 7.88. The lowest BCUT2D eigenvalue weighted by Crippen LogP contribution is -2.01. The fourth-order valence-corrected chi connectivity index (χ4v) is 1.31. The van der Waals surface area contributed by atoms with Crippen molar-refractivity contribution in [3.63, 3.8) is 0 Å². The first kappa shape index (κ1) is 8.90. The van der Waals surface area contributed by atoms with Crippen molar-refractivity contribution in [3.8, 4) is 5.82 Å². The molecule has 4 nitrogen and oxygen atoms in total. The van der Waals surface area contributed by atoms with Gasteiger partial charge in [-0.1, -0.05) is 6.07 Å². The molecule has 0 aliphatic heterocycles. The third-order valence-corrected chi connectivity index (χ3v) is 2.15. The van der Waals surface area contributed by atoms with E-state index in [1.165, 1.54) is 0 Å². The molecule has 0 aliphatic rings. The van der Waals surface area contributed by atoms with Crippen LogP contribution in [0.5, 0.6) is 0 Å². The van der Waals surface area contributed by atoms with E-state index >= 15 is 0 Å². The molecule has 0 saturated carbocycles. The predicted molar refractivity (Wildman–Crippen MR) is 52.0 cm³/mol. The van der Waals surface area contributed by atoms with Gasteiger partial charge in [0.15, 0.2) is 5.82 Å². The van der Waals surface area contributed by atoms with E-state index in [9.17, 15) is 0 Å². The van der Waals surface area contributed by atoms with Crippen molar-refractivity contribution in [2.75, 3.05) is 0 Å². The summed E-state index contributed by atoms with van der Waals surface area (Å²) in [6, 6.07) is 5.64. The lowest BCUT2D eigenvalue weighted by Gasteiger charge is -2.02. The Morgan fingerprint density at radius 3 is 2.86 bits per heavy atom. The van der Waals surface area contributed by atoms with Gasteiger partial charge in [-0.25, -0.2) is 9.67 Å². The number of pyridine rings is 1. The molecule has 2 aromatic heterocycles. The zero-order chi connectivity index (χ0) is 9.97. The standard InChI is InChI=1S/C10H11N3O/c1-8-9(7-14)6-12-13(8)10-4-2-3-5-11-10/h2-6,14H,7H2,1H3. The molecule has 14 heavy (non-hydrogen) atoms. The van der Waals surface area contributed by atoms with E-state index in [-0.39, 0.29) is 6.61 Å². The first-order valence-electron chi connectivity index (χ1n) is 4.38. The van der Waals surface area contributed by atoms with Gasteiger partial charge in [-0.3, -0.25) is 0 Å². The molecule has 0 bridgehead atoms. The van der Waals surface area contributed by atoms with Crippen LogP contribution in [0, 0.1) is 6.92 Å². The third kappa shape index (κ3) is 1.40. The molecule has 0 aliphatic carbocycles. The van der Waals surface area contributed by atoms with Gasteiger partial charge in [0.05, 0.1) is 12.8 Å². The Hall–Kier alpha value is -1.68. The summed E-state index contributed by atoms with van der Waals surface area (Å²) in [7, 11) is 0. The quantitative estimate of drug-likeness (QED) is 0.768. The van der Waals surface area contributed by atoms with Crippen LogP contribution < -0.4 is 0 Å². The molecule has 0 fully saturated rings. The summed E-state index contributed by atoms with van der Waals surface area (Å²) >= 11 is 0. The van der Waals surface area contributed by atoms with Gasteiger partial charge < -0.3 is 5.11 Å². The van der Waals surface area contributed by atoms with Crippen LogP contribution in [0.3, 0.4) is 0 Å². The van der Waals surface area contributed by atoms with Crippen LogP contribution in [-0.2, 0) is 6.61 Å². The van der Waals surface area contributed by atoms with Crippen molar-refractivity contribution in [1.82, 2.24) is 14.8 Å². The molecular weight excluding hydrogens is 178 g/mol. The highest BCUT2D eigenvalue weighted by atomic mass is 16.3. The van der Waals surface area contributed by atoms with Gasteiger partial charge in [-0.2, -0.15) is 5.10 Å². The van der Waals surface area contributed by atoms with Crippen LogP contribution in [0.15, 0.2) is 30.6 Å². The Kier molecular flexibility index (Phi) is 2.28. The van der Waals surface area contributed by atoms with Crippen LogP contribution in [0.1, 0.15) is 11.3 Å². The number of nitrogens with zero attached hydrogens (tertiary/aromatic N) is 3. The topological polar surface area (TPSA) is 50.9 Å². The SMILES string of the molecule is Cc1c(CO)cnn1-c1ccccn1. The Bertz CT molecular complexity index is 422. The van der Waals surface area contributed by atoms with Crippen molar-refractivity contribution in [3.05, 3.63) is 41.9 Å². The maximum absolute atomic E-state index is 9.00. The van der Waals surface area contributed by atoms with Gasteiger partial charge in [0.2, 0.25) is 0 Å². The predicted octanol–water partition coefficient (Wildman–Crippen LogP) is 1.07. The molecule has 2 heterocycles. The van der Waals surface area contributed by atoms with Crippen LogP contribution >= 0.6 is 0 Å². The Labute approximate surface area is 81.8 Å². The normalized spacial score (nSPS) is 10.4. The second-order valence-corrected chi connectivity index (χ2v) is 3.01. The highest BCUT2D eigenvalue weighted by Gasteiger charge is 2.06. The lowest BCUT2D eigenvalue weighted by atomic mass is 10.3. The van der Waals surface area contributed by atoms with Crippen LogP contribution in [0.4, 0.5) is 0 Å². The van der Waals surface area contributed by atoms with E-state index in [0.29, 0.717) is 0 Å². The average Bonchev–Trinajstić information content (AvgIpc) is 2.61. The van der Waals surface area contributed by atoms with E-state index < -0.39 is 0 Å². The first-order valence-corrected chi connectivity index (χ1v) is 4.38. The van der Waals surface area contributed by atoms with Gasteiger partial charge in [0.25, 0.3) is 0 Å². The average molecular weight is 189 g/mol. The third-order valence-electron chi connectivity index (χ3n) is 2.15. The van der Waals surface area contributed by atoms with E-state index in [1.807, 2.05) is 25.1 Å². The van der Waals surface area contributed by atoms with Crippen molar-refractivity contribution >= 4 is 0 Å².